The predicted molar refractivity (Wildman–Crippen MR) is 67.9 cm³/mol. The Morgan fingerprint density at radius 1 is 1.32 bits per heavy atom. The lowest BCUT2D eigenvalue weighted by Gasteiger charge is -2.05. The zero-order valence-electron chi connectivity index (χ0n) is 10.1. The van der Waals surface area contributed by atoms with Gasteiger partial charge in [0.1, 0.15) is 6.54 Å². The highest BCUT2D eigenvalue weighted by Gasteiger charge is 2.26. The van der Waals surface area contributed by atoms with Crippen LogP contribution in [-0.2, 0) is 6.54 Å². The molecule has 3 aromatic heterocycles. The molecular weight excluding hydrogens is 262 g/mol. The van der Waals surface area contributed by atoms with E-state index in [0.29, 0.717) is 11.0 Å². The fourth-order valence-electron chi connectivity index (χ4n) is 2.37. The summed E-state index contributed by atoms with van der Waals surface area (Å²) in [5, 5.41) is 23.1. The van der Waals surface area contributed by atoms with E-state index < -0.39 is 0 Å². The molecule has 0 N–H and O–H groups in total. The Hall–Kier alpha value is -1.89. The molecule has 1 aliphatic heterocycles. The van der Waals surface area contributed by atoms with Crippen molar-refractivity contribution in [2.24, 2.45) is 0 Å². The zero-order chi connectivity index (χ0) is 12.8. The van der Waals surface area contributed by atoms with Crippen molar-refractivity contribution in [3.8, 4) is 5.88 Å². The Kier molecular flexibility index (Phi) is 2.34. The summed E-state index contributed by atoms with van der Waals surface area (Å²) in [5.41, 5.74) is 0.715. The first kappa shape index (κ1) is 11.0. The minimum atomic E-state index is -0.226. The minimum absolute atomic E-state index is 0.226. The fourth-order valence-corrected chi connectivity index (χ4v) is 3.43. The maximum Gasteiger partial charge on any atom is 0.366 e. The topological polar surface area (TPSA) is 70.0 Å². The highest BCUT2D eigenvalue weighted by molar-refractivity contribution is 7.99. The minimum Gasteiger partial charge on any atom is -0.856 e. The second kappa shape index (κ2) is 4.06. The molecule has 0 unspecified atom stereocenters. The van der Waals surface area contributed by atoms with E-state index in [1.54, 1.807) is 34.7 Å². The van der Waals surface area contributed by atoms with Gasteiger partial charge in [0.15, 0.2) is 0 Å². The third kappa shape index (κ3) is 1.58. The number of aromatic nitrogens is 5. The van der Waals surface area contributed by atoms with Crippen LogP contribution in [-0.4, -0.2) is 25.4 Å². The molecule has 0 fully saturated rings. The van der Waals surface area contributed by atoms with Gasteiger partial charge in [0, 0.05) is 29.4 Å². The van der Waals surface area contributed by atoms with E-state index in [0.717, 1.165) is 35.7 Å². The summed E-state index contributed by atoms with van der Waals surface area (Å²) in [6, 6.07) is 1.70. The van der Waals surface area contributed by atoms with E-state index in [1.807, 2.05) is 4.68 Å². The summed E-state index contributed by atoms with van der Waals surface area (Å²) in [4.78, 5) is 4.09. The Balaban J connectivity index is 2.13. The van der Waals surface area contributed by atoms with Crippen LogP contribution in [0.4, 0.5) is 0 Å². The fraction of sp³-hybridized carbons (Fsp3) is 0.333. The van der Waals surface area contributed by atoms with Gasteiger partial charge in [-0.25, -0.2) is 0 Å². The van der Waals surface area contributed by atoms with Crippen LogP contribution in [0.15, 0.2) is 23.6 Å². The number of thioether (sulfide) groups is 1. The summed E-state index contributed by atoms with van der Waals surface area (Å²) in [6.45, 7) is 0.877. The second-order valence-corrected chi connectivity index (χ2v) is 5.59. The predicted octanol–water partition coefficient (Wildman–Crippen LogP) is 0.524. The van der Waals surface area contributed by atoms with Crippen molar-refractivity contribution >= 4 is 28.2 Å². The Bertz CT molecular complexity index is 784. The highest BCUT2D eigenvalue weighted by atomic mass is 32.2. The molecule has 6 nitrogen and oxygen atoms in total. The van der Waals surface area contributed by atoms with E-state index >= 15 is 0 Å². The molecule has 4 heterocycles. The normalized spacial score (nSPS) is 15.6. The van der Waals surface area contributed by atoms with Crippen LogP contribution in [0.25, 0.3) is 16.4 Å². The van der Waals surface area contributed by atoms with Gasteiger partial charge in [0.2, 0.25) is 0 Å². The van der Waals surface area contributed by atoms with Crippen molar-refractivity contribution in [1.29, 1.82) is 0 Å². The van der Waals surface area contributed by atoms with Gasteiger partial charge in [-0.1, -0.05) is 9.61 Å². The first-order chi connectivity index (χ1) is 9.34. The molecule has 0 saturated heterocycles. The van der Waals surface area contributed by atoms with E-state index in [-0.39, 0.29) is 5.88 Å². The molecule has 0 bridgehead atoms. The molecule has 3 aromatic rings. The molecule has 19 heavy (non-hydrogen) atoms. The molecule has 0 radical (unpaired) electrons. The molecule has 0 aliphatic carbocycles. The first-order valence-electron chi connectivity index (χ1n) is 6.21. The van der Waals surface area contributed by atoms with E-state index in [9.17, 15) is 5.11 Å². The number of nitrogens with zero attached hydrogens (tertiary/aromatic N) is 5. The maximum absolute atomic E-state index is 12.1. The van der Waals surface area contributed by atoms with Gasteiger partial charge in [-0.2, -0.15) is 0 Å². The molecule has 0 aromatic carbocycles. The number of hydrogen-bond donors (Lipinski definition) is 0. The van der Waals surface area contributed by atoms with Crippen LogP contribution in [0.2, 0.25) is 0 Å². The van der Waals surface area contributed by atoms with Crippen molar-refractivity contribution in [3.05, 3.63) is 18.5 Å². The molecular formula is C12H11N5OS. The summed E-state index contributed by atoms with van der Waals surface area (Å²) >= 11 is 1.70. The van der Waals surface area contributed by atoms with Gasteiger partial charge in [-0.05, 0) is 35.8 Å². The SMILES string of the molecule is [O-]c1nn2c3[n+](nc2c2cnccc12)CCCCS3. The molecule has 96 valence electrons. The van der Waals surface area contributed by atoms with E-state index in [1.165, 1.54) is 0 Å². The molecule has 0 spiro atoms. The smallest absolute Gasteiger partial charge is 0.366 e. The Labute approximate surface area is 113 Å². The van der Waals surface area contributed by atoms with Crippen LogP contribution < -0.4 is 9.79 Å². The van der Waals surface area contributed by atoms with Crippen molar-refractivity contribution in [2.45, 2.75) is 24.5 Å². The maximum atomic E-state index is 12.1. The average molecular weight is 273 g/mol. The van der Waals surface area contributed by atoms with Gasteiger partial charge >= 0.3 is 5.16 Å². The standard InChI is InChI=1S/C12H11N5OS/c18-11-8-3-4-13-7-9(8)10-14-16-5-1-2-6-19-12(16)17(10)15-11/h3-4,7H,1-2,5-6H2. The highest BCUT2D eigenvalue weighted by Crippen LogP contribution is 2.26. The first-order valence-corrected chi connectivity index (χ1v) is 7.19. The van der Waals surface area contributed by atoms with Gasteiger partial charge in [-0.3, -0.25) is 4.98 Å². The van der Waals surface area contributed by atoms with Gasteiger partial charge in [0.05, 0.1) is 5.39 Å². The Morgan fingerprint density at radius 2 is 2.26 bits per heavy atom. The molecule has 0 amide bonds. The third-order valence-electron chi connectivity index (χ3n) is 3.30. The monoisotopic (exact) mass is 273 g/mol. The van der Waals surface area contributed by atoms with E-state index in [2.05, 4.69) is 15.2 Å². The quantitative estimate of drug-likeness (QED) is 0.559. The van der Waals surface area contributed by atoms with Gasteiger partial charge < -0.3 is 5.11 Å². The van der Waals surface area contributed by atoms with Crippen molar-refractivity contribution < 1.29 is 9.79 Å². The van der Waals surface area contributed by atoms with E-state index in [4.69, 9.17) is 0 Å². The van der Waals surface area contributed by atoms with Crippen LogP contribution in [0.1, 0.15) is 12.8 Å². The molecule has 4 rings (SSSR count). The van der Waals surface area contributed by atoms with Crippen LogP contribution in [0, 0.1) is 0 Å². The summed E-state index contributed by atoms with van der Waals surface area (Å²) in [7, 11) is 0. The lowest BCUT2D eigenvalue weighted by Crippen LogP contribution is -2.37. The number of pyridine rings is 1. The van der Waals surface area contributed by atoms with Crippen molar-refractivity contribution in [3.63, 3.8) is 0 Å². The largest absolute Gasteiger partial charge is 0.856 e. The third-order valence-corrected chi connectivity index (χ3v) is 4.43. The zero-order valence-corrected chi connectivity index (χ0v) is 10.9. The van der Waals surface area contributed by atoms with Crippen LogP contribution in [0.3, 0.4) is 0 Å². The lowest BCUT2D eigenvalue weighted by molar-refractivity contribution is -0.784. The molecule has 7 heteroatoms. The average Bonchev–Trinajstić information content (AvgIpc) is 2.63. The summed E-state index contributed by atoms with van der Waals surface area (Å²) in [5.74, 6) is 0.810. The number of fused-ring (bicyclic) bond motifs is 5. The summed E-state index contributed by atoms with van der Waals surface area (Å²) in [6.07, 6.45) is 5.56. The van der Waals surface area contributed by atoms with Crippen LogP contribution in [0.5, 0.6) is 5.88 Å². The molecule has 0 saturated carbocycles. The number of rotatable bonds is 0. The number of hydrogen-bond acceptors (Lipinski definition) is 5. The van der Waals surface area contributed by atoms with Gasteiger partial charge in [0.25, 0.3) is 5.65 Å². The summed E-state index contributed by atoms with van der Waals surface area (Å²) < 4.78 is 3.62. The number of aryl methyl sites for hydroxylation is 1. The van der Waals surface area contributed by atoms with Gasteiger partial charge in [-0.15, -0.1) is 4.68 Å². The van der Waals surface area contributed by atoms with Crippen LogP contribution >= 0.6 is 11.8 Å². The molecule has 1 aliphatic rings. The Morgan fingerprint density at radius 3 is 3.21 bits per heavy atom. The lowest BCUT2D eigenvalue weighted by atomic mass is 10.2. The van der Waals surface area contributed by atoms with Crippen molar-refractivity contribution in [1.82, 2.24) is 19.7 Å². The van der Waals surface area contributed by atoms with Crippen molar-refractivity contribution in [2.75, 3.05) is 5.75 Å². The second-order valence-electron chi connectivity index (χ2n) is 4.52. The molecule has 0 atom stereocenters.